The van der Waals surface area contributed by atoms with E-state index in [9.17, 15) is 9.59 Å². The normalized spacial score (nSPS) is 11.0. The summed E-state index contributed by atoms with van der Waals surface area (Å²) >= 11 is 0. The van der Waals surface area contributed by atoms with E-state index in [2.05, 4.69) is 22.9 Å². The fourth-order valence-electron chi connectivity index (χ4n) is 0.632. The van der Waals surface area contributed by atoms with Crippen LogP contribution in [0.5, 0.6) is 0 Å². The summed E-state index contributed by atoms with van der Waals surface area (Å²) < 4.78 is 4.94. The van der Waals surface area contributed by atoms with E-state index in [0.717, 1.165) is 13.2 Å². The number of rotatable bonds is 0. The van der Waals surface area contributed by atoms with Crippen LogP contribution in [0, 0.1) is 0 Å². The Morgan fingerprint density at radius 2 is 1.05 bits per heavy atom. The van der Waals surface area contributed by atoms with Gasteiger partial charge >= 0.3 is 24.2 Å². The second kappa shape index (κ2) is 16.2. The lowest BCUT2D eigenvalue weighted by atomic mass is 10.4. The molecule has 11 N–H and O–H groups in total. The van der Waals surface area contributed by atoms with Crippen molar-refractivity contribution in [2.75, 3.05) is 13.2 Å². The summed E-state index contributed by atoms with van der Waals surface area (Å²) in [7, 11) is 0. The summed E-state index contributed by atoms with van der Waals surface area (Å²) in [5, 5.41) is 16.0. The molecule has 6 amide bonds. The first-order valence-electron chi connectivity index (χ1n) is 5.00. The minimum Gasteiger partial charge on any atom is -0.465 e. The van der Waals surface area contributed by atoms with E-state index in [1.54, 1.807) is 5.32 Å². The SMILES string of the molecule is C1CCOC1.NC(=O)NC(N)=O.NC(=O)O.NC(=O)O. The number of ether oxygens (including phenoxy) is 1. The van der Waals surface area contributed by atoms with Crippen LogP contribution in [-0.2, 0) is 4.74 Å². The predicted octanol–water partition coefficient (Wildman–Crippen LogP) is -1.22. The Morgan fingerprint density at radius 1 is 0.800 bits per heavy atom. The molecule has 0 aromatic rings. The second-order valence-corrected chi connectivity index (χ2v) is 2.85. The van der Waals surface area contributed by atoms with Crippen molar-refractivity contribution in [2.45, 2.75) is 12.8 Å². The number of urea groups is 2. The Morgan fingerprint density at radius 3 is 1.10 bits per heavy atom. The van der Waals surface area contributed by atoms with Crippen LogP contribution in [0.4, 0.5) is 19.2 Å². The molecule has 1 aliphatic heterocycles. The largest absolute Gasteiger partial charge is 0.465 e. The summed E-state index contributed by atoms with van der Waals surface area (Å²) in [6.45, 7) is 2.00. The first-order chi connectivity index (χ1) is 9.09. The van der Waals surface area contributed by atoms with E-state index in [1.807, 2.05) is 0 Å². The average molecular weight is 297 g/mol. The highest BCUT2D eigenvalue weighted by atomic mass is 16.5. The maximum absolute atomic E-state index is 9.62. The second-order valence-electron chi connectivity index (χ2n) is 2.85. The minimum absolute atomic E-state index is 0.937. The lowest BCUT2D eigenvalue weighted by Crippen LogP contribution is -2.38. The van der Waals surface area contributed by atoms with Crippen LogP contribution in [-0.4, -0.2) is 47.7 Å². The molecular weight excluding hydrogens is 278 g/mol. The van der Waals surface area contributed by atoms with Crippen molar-refractivity contribution < 1.29 is 34.1 Å². The molecule has 1 saturated heterocycles. The van der Waals surface area contributed by atoms with Crippen molar-refractivity contribution >= 4 is 24.2 Å². The van der Waals surface area contributed by atoms with Gasteiger partial charge in [-0.2, -0.15) is 0 Å². The number of hydrogen-bond acceptors (Lipinski definition) is 5. The minimum atomic E-state index is -1.33. The average Bonchev–Trinajstić information content (AvgIpc) is 2.69. The van der Waals surface area contributed by atoms with Gasteiger partial charge in [-0.1, -0.05) is 0 Å². The summed E-state index contributed by atoms with van der Waals surface area (Å²) in [6, 6.07) is -1.88. The molecule has 0 saturated carbocycles. The van der Waals surface area contributed by atoms with Crippen molar-refractivity contribution in [3.63, 3.8) is 0 Å². The van der Waals surface area contributed by atoms with E-state index >= 15 is 0 Å². The number of carbonyl (C=O) groups is 4. The van der Waals surface area contributed by atoms with Crippen LogP contribution in [0.25, 0.3) is 0 Å². The molecule has 0 aliphatic carbocycles. The van der Waals surface area contributed by atoms with Gasteiger partial charge in [-0.25, -0.2) is 19.2 Å². The van der Waals surface area contributed by atoms with E-state index in [1.165, 1.54) is 12.8 Å². The fourth-order valence-corrected chi connectivity index (χ4v) is 0.632. The Kier molecular flexibility index (Phi) is 18.2. The molecule has 0 aromatic heterocycles. The smallest absolute Gasteiger partial charge is 0.402 e. The zero-order chi connectivity index (χ0) is 16.6. The van der Waals surface area contributed by atoms with Crippen molar-refractivity contribution in [3.8, 4) is 0 Å². The van der Waals surface area contributed by atoms with Gasteiger partial charge in [0.05, 0.1) is 0 Å². The number of carboxylic acid groups (broad SMARTS) is 2. The quantitative estimate of drug-likeness (QED) is 0.287. The molecule has 1 heterocycles. The maximum Gasteiger partial charge on any atom is 0.402 e. The fraction of sp³-hybridized carbons (Fsp3) is 0.500. The number of nitrogens with one attached hydrogen (secondary N) is 1. The van der Waals surface area contributed by atoms with Gasteiger partial charge in [-0.15, -0.1) is 0 Å². The predicted molar refractivity (Wildman–Crippen MR) is 66.8 cm³/mol. The number of imide groups is 1. The van der Waals surface area contributed by atoms with E-state index < -0.39 is 24.2 Å². The third-order valence-electron chi connectivity index (χ3n) is 1.07. The van der Waals surface area contributed by atoms with E-state index in [-0.39, 0.29) is 0 Å². The summed E-state index contributed by atoms with van der Waals surface area (Å²) in [6.07, 6.45) is -0.111. The Labute approximate surface area is 114 Å². The first-order valence-corrected chi connectivity index (χ1v) is 5.00. The molecule has 12 nitrogen and oxygen atoms in total. The highest BCUT2D eigenvalue weighted by molar-refractivity contribution is 5.91. The van der Waals surface area contributed by atoms with Crippen molar-refractivity contribution in [1.29, 1.82) is 0 Å². The Balaban J connectivity index is -0.000000199. The van der Waals surface area contributed by atoms with Gasteiger partial charge in [0.1, 0.15) is 0 Å². The molecule has 12 heteroatoms. The lowest BCUT2D eigenvalue weighted by Gasteiger charge is -1.88. The van der Waals surface area contributed by atoms with Gasteiger partial charge in [0.15, 0.2) is 0 Å². The van der Waals surface area contributed by atoms with Crippen LogP contribution < -0.4 is 28.3 Å². The number of nitrogens with two attached hydrogens (primary N) is 4. The van der Waals surface area contributed by atoms with Crippen LogP contribution in [0.15, 0.2) is 0 Å². The van der Waals surface area contributed by atoms with Crippen molar-refractivity contribution in [1.82, 2.24) is 5.32 Å². The summed E-state index contributed by atoms with van der Waals surface area (Å²) in [4.78, 5) is 36.8. The maximum atomic E-state index is 9.62. The van der Waals surface area contributed by atoms with Gasteiger partial charge in [-0.3, -0.25) is 5.32 Å². The number of primary amides is 4. The van der Waals surface area contributed by atoms with Gasteiger partial charge in [0, 0.05) is 13.2 Å². The van der Waals surface area contributed by atoms with Gasteiger partial charge in [0.25, 0.3) is 0 Å². The van der Waals surface area contributed by atoms with Gasteiger partial charge < -0.3 is 37.9 Å². The van der Waals surface area contributed by atoms with Gasteiger partial charge in [-0.05, 0) is 12.8 Å². The van der Waals surface area contributed by atoms with Crippen molar-refractivity contribution in [3.05, 3.63) is 0 Å². The van der Waals surface area contributed by atoms with Crippen LogP contribution in [0.2, 0.25) is 0 Å². The molecule has 1 fully saturated rings. The van der Waals surface area contributed by atoms with E-state index in [0.29, 0.717) is 0 Å². The molecule has 20 heavy (non-hydrogen) atoms. The monoisotopic (exact) mass is 297 g/mol. The zero-order valence-electron chi connectivity index (χ0n) is 10.6. The molecule has 0 radical (unpaired) electrons. The third kappa shape index (κ3) is 79.4. The zero-order valence-corrected chi connectivity index (χ0v) is 10.6. The topological polar surface area (TPSA) is 234 Å². The molecular formula is C8H19N5O7. The molecule has 1 rings (SSSR count). The highest BCUT2D eigenvalue weighted by Crippen LogP contribution is 1.98. The summed E-state index contributed by atoms with van der Waals surface area (Å²) in [5.41, 5.74) is 16.9. The third-order valence-corrected chi connectivity index (χ3v) is 1.07. The van der Waals surface area contributed by atoms with Crippen LogP contribution in [0.1, 0.15) is 12.8 Å². The molecule has 0 atom stereocenters. The number of amides is 6. The van der Waals surface area contributed by atoms with Crippen LogP contribution in [0.3, 0.4) is 0 Å². The molecule has 0 aromatic carbocycles. The number of hydrogen-bond donors (Lipinski definition) is 7. The molecule has 1 aliphatic rings. The standard InChI is InChI=1S/C4H8O.C2H5N3O2.2CH3NO2/c1-2-4-5-3-1;3-1(6)5-2(4)7;2*2-1(3)4/h1-4H2;(H5,3,4,5,6,7);2*2H2,(H,3,4). The molecule has 0 unspecified atom stereocenters. The first kappa shape index (κ1) is 22.4. The number of carbonyl (C=O) groups excluding carboxylic acids is 2. The highest BCUT2D eigenvalue weighted by Gasteiger charge is 1.94. The lowest BCUT2D eigenvalue weighted by molar-refractivity contribution is 0.198. The molecule has 0 spiro atoms. The molecule has 0 bridgehead atoms. The van der Waals surface area contributed by atoms with Crippen LogP contribution >= 0.6 is 0 Å². The Bertz CT molecular complexity index is 266. The van der Waals surface area contributed by atoms with E-state index in [4.69, 9.17) is 24.5 Å². The van der Waals surface area contributed by atoms with Gasteiger partial charge in [0.2, 0.25) is 0 Å². The molecule has 118 valence electrons. The summed E-state index contributed by atoms with van der Waals surface area (Å²) in [5.74, 6) is 0. The van der Waals surface area contributed by atoms with Crippen molar-refractivity contribution in [2.24, 2.45) is 22.9 Å². The Hall–Kier alpha value is -2.76.